The minimum absolute atomic E-state index is 0.147. The van der Waals surface area contributed by atoms with E-state index >= 15 is 0 Å². The van der Waals surface area contributed by atoms with Crippen LogP contribution < -0.4 is 30.9 Å². The fourth-order valence-corrected chi connectivity index (χ4v) is 6.73. The second-order valence-electron chi connectivity index (χ2n) is 13.1. The van der Waals surface area contributed by atoms with Crippen LogP contribution in [-0.2, 0) is 22.3 Å². The van der Waals surface area contributed by atoms with E-state index in [4.69, 9.17) is 4.74 Å². The number of ether oxygens (including phenoxy) is 1. The number of nitrogens with zero attached hydrogens (tertiary/aromatic N) is 4. The summed E-state index contributed by atoms with van der Waals surface area (Å²) in [6, 6.07) is 17.4. The zero-order valence-corrected chi connectivity index (χ0v) is 29.6. The normalized spacial score (nSPS) is 16.7. The molecule has 2 aliphatic rings. The molecule has 3 amide bonds. The Morgan fingerprint density at radius 3 is 2.42 bits per heavy atom. The number of methoxy groups -OCH3 is 1. The first kappa shape index (κ1) is 37.1. The molecular weight excluding hydrogens is 689 g/mol. The number of aromatic nitrogens is 2. The molecule has 2 aromatic heterocycles. The third-order valence-corrected chi connectivity index (χ3v) is 9.65. The van der Waals surface area contributed by atoms with Crippen molar-refractivity contribution in [1.82, 2.24) is 25.5 Å². The van der Waals surface area contributed by atoms with Gasteiger partial charge in [0.1, 0.15) is 11.6 Å². The van der Waals surface area contributed by atoms with Crippen molar-refractivity contribution in [3.8, 4) is 5.75 Å². The van der Waals surface area contributed by atoms with Gasteiger partial charge in [0.15, 0.2) is 0 Å². The first-order valence-corrected chi connectivity index (χ1v) is 17.3. The van der Waals surface area contributed by atoms with Crippen molar-refractivity contribution in [2.75, 3.05) is 49.8 Å². The van der Waals surface area contributed by atoms with Crippen LogP contribution in [0, 0.1) is 0 Å². The highest BCUT2D eigenvalue weighted by Gasteiger charge is 2.35. The van der Waals surface area contributed by atoms with Gasteiger partial charge in [-0.2, -0.15) is 13.2 Å². The number of alkyl halides is 3. The zero-order valence-electron chi connectivity index (χ0n) is 29.6. The average Bonchev–Trinajstić information content (AvgIpc) is 3.15. The highest BCUT2D eigenvalue weighted by Crippen LogP contribution is 2.39. The molecule has 1 atom stereocenters. The molecule has 4 heterocycles. The summed E-state index contributed by atoms with van der Waals surface area (Å²) in [5, 5.41) is 10.8. The molecule has 1 unspecified atom stereocenters. The predicted molar refractivity (Wildman–Crippen MR) is 195 cm³/mol. The number of hydrogen-bond acceptors (Lipinski definition) is 10. The molecule has 53 heavy (non-hydrogen) atoms. The molecule has 2 saturated heterocycles. The van der Waals surface area contributed by atoms with Gasteiger partial charge in [-0.1, -0.05) is 18.2 Å². The maximum Gasteiger partial charge on any atom is 0.419 e. The smallest absolute Gasteiger partial charge is 0.419 e. The number of carbonyl (C=O) groups excluding carboxylic acids is 3. The Balaban J connectivity index is 1.09. The van der Waals surface area contributed by atoms with Gasteiger partial charge in [-0.15, -0.1) is 0 Å². The summed E-state index contributed by atoms with van der Waals surface area (Å²) < 4.78 is 47.7. The molecule has 12 nitrogen and oxygen atoms in total. The Kier molecular flexibility index (Phi) is 11.1. The number of anilines is 5. The Labute approximate surface area is 305 Å². The quantitative estimate of drug-likeness (QED) is 0.137. The van der Waals surface area contributed by atoms with Gasteiger partial charge in [0.2, 0.25) is 11.8 Å². The zero-order chi connectivity index (χ0) is 37.7. The van der Waals surface area contributed by atoms with Gasteiger partial charge < -0.3 is 25.6 Å². The molecule has 0 saturated carbocycles. The van der Waals surface area contributed by atoms with E-state index in [0.29, 0.717) is 42.6 Å². The summed E-state index contributed by atoms with van der Waals surface area (Å²) in [5.41, 5.74) is 2.34. The molecular formula is C38H41F3N8O4. The van der Waals surface area contributed by atoms with Crippen LogP contribution in [0.1, 0.15) is 58.8 Å². The summed E-state index contributed by atoms with van der Waals surface area (Å²) >= 11 is 0. The summed E-state index contributed by atoms with van der Waals surface area (Å²) in [6.07, 6.45) is 0.490. The van der Waals surface area contributed by atoms with Crippen molar-refractivity contribution < 1.29 is 32.3 Å². The van der Waals surface area contributed by atoms with E-state index in [0.717, 1.165) is 43.4 Å². The second-order valence-corrected chi connectivity index (χ2v) is 13.1. The lowest BCUT2D eigenvalue weighted by Crippen LogP contribution is -2.43. The molecule has 4 aromatic rings. The SMILES string of the molecule is CNC(=O)c1ccccc1Nc1cc(Nc2ccc(N3CCC(N(C)Cc4ccc(C5CCC(=O)NC5=O)nc4)CC3)cc2OC)ncc1C(F)(F)F. The van der Waals surface area contributed by atoms with Crippen LogP contribution in [0.15, 0.2) is 73.1 Å². The molecule has 4 N–H and O–H groups in total. The van der Waals surface area contributed by atoms with Crippen molar-refractivity contribution in [1.29, 1.82) is 0 Å². The Bertz CT molecular complexity index is 1970. The third-order valence-electron chi connectivity index (χ3n) is 9.65. The number of halogens is 3. The third kappa shape index (κ3) is 8.68. The minimum atomic E-state index is -4.69. The van der Waals surface area contributed by atoms with E-state index in [1.807, 2.05) is 30.3 Å². The summed E-state index contributed by atoms with van der Waals surface area (Å²) in [7, 11) is 5.07. The molecule has 278 valence electrons. The van der Waals surface area contributed by atoms with Crippen molar-refractivity contribution in [3.05, 3.63) is 95.4 Å². The lowest BCUT2D eigenvalue weighted by atomic mass is 9.94. The Hall–Kier alpha value is -5.70. The van der Waals surface area contributed by atoms with Gasteiger partial charge in [0, 0.05) is 69.4 Å². The summed E-state index contributed by atoms with van der Waals surface area (Å²) in [4.78, 5) is 49.2. The van der Waals surface area contributed by atoms with Crippen LogP contribution in [0.5, 0.6) is 5.75 Å². The van der Waals surface area contributed by atoms with E-state index in [-0.39, 0.29) is 34.6 Å². The monoisotopic (exact) mass is 730 g/mol. The molecule has 15 heteroatoms. The maximum absolute atomic E-state index is 14.0. The first-order valence-electron chi connectivity index (χ1n) is 17.3. The van der Waals surface area contributed by atoms with Gasteiger partial charge in [0.05, 0.1) is 46.9 Å². The van der Waals surface area contributed by atoms with E-state index in [9.17, 15) is 27.6 Å². The summed E-state index contributed by atoms with van der Waals surface area (Å²) in [6.45, 7) is 2.33. The van der Waals surface area contributed by atoms with E-state index < -0.39 is 23.6 Å². The van der Waals surface area contributed by atoms with E-state index in [1.165, 1.54) is 32.4 Å². The van der Waals surface area contributed by atoms with Crippen molar-refractivity contribution in [2.45, 2.75) is 50.4 Å². The molecule has 0 spiro atoms. The molecule has 0 radical (unpaired) electrons. The fourth-order valence-electron chi connectivity index (χ4n) is 6.73. The number of para-hydroxylation sites is 1. The number of pyridine rings is 2. The molecule has 6 rings (SSSR count). The van der Waals surface area contributed by atoms with Crippen LogP contribution in [0.2, 0.25) is 0 Å². The number of piperidine rings is 2. The van der Waals surface area contributed by atoms with Crippen molar-refractivity contribution >= 4 is 46.3 Å². The van der Waals surface area contributed by atoms with Gasteiger partial charge in [-0.05, 0) is 62.2 Å². The average molecular weight is 731 g/mol. The largest absolute Gasteiger partial charge is 0.494 e. The predicted octanol–water partition coefficient (Wildman–Crippen LogP) is 5.97. The number of imide groups is 1. The van der Waals surface area contributed by atoms with Crippen LogP contribution in [0.4, 0.5) is 41.7 Å². The van der Waals surface area contributed by atoms with Crippen molar-refractivity contribution in [2.24, 2.45) is 0 Å². The van der Waals surface area contributed by atoms with Gasteiger partial charge >= 0.3 is 6.18 Å². The number of amides is 3. The van der Waals surface area contributed by atoms with E-state index in [2.05, 4.69) is 48.1 Å². The van der Waals surface area contributed by atoms with Crippen LogP contribution in [-0.4, -0.2) is 72.9 Å². The second kappa shape index (κ2) is 15.9. The number of nitrogens with one attached hydrogen (secondary N) is 4. The highest BCUT2D eigenvalue weighted by molar-refractivity contribution is 6.01. The van der Waals surface area contributed by atoms with Crippen LogP contribution >= 0.6 is 0 Å². The van der Waals surface area contributed by atoms with Crippen LogP contribution in [0.25, 0.3) is 0 Å². The van der Waals surface area contributed by atoms with Gasteiger partial charge in [-0.3, -0.25) is 29.6 Å². The highest BCUT2D eigenvalue weighted by atomic mass is 19.4. The number of carbonyl (C=O) groups is 3. The molecule has 0 bridgehead atoms. The standard InChI is InChI=1S/C38H41F3N8O4/c1-42-36(51)26-6-4-5-7-30(26)45-32-19-34(44-21-28(32)38(39,40)41)46-31-12-9-25(18-33(31)53-3)49-16-14-24(15-17-49)48(2)22-23-8-11-29(43-20-23)27-10-13-35(50)47-37(27)52/h4-9,11-12,18-21,24,27H,10,13-17,22H2,1-3H3,(H,42,51)(H2,44,45,46)(H,47,50,52). The Morgan fingerprint density at radius 2 is 1.74 bits per heavy atom. The topological polar surface area (TPSA) is 141 Å². The lowest BCUT2D eigenvalue weighted by molar-refractivity contribution is -0.137. The van der Waals surface area contributed by atoms with E-state index in [1.54, 1.807) is 18.3 Å². The van der Waals surface area contributed by atoms with Crippen LogP contribution in [0.3, 0.4) is 0 Å². The number of benzene rings is 2. The lowest BCUT2D eigenvalue weighted by Gasteiger charge is -2.38. The molecule has 0 aliphatic carbocycles. The number of rotatable bonds is 11. The molecule has 2 fully saturated rings. The summed E-state index contributed by atoms with van der Waals surface area (Å²) in [5.74, 6) is -0.747. The molecule has 2 aromatic carbocycles. The fraction of sp³-hybridized carbons (Fsp3) is 0.342. The minimum Gasteiger partial charge on any atom is -0.494 e. The molecule has 2 aliphatic heterocycles. The Morgan fingerprint density at radius 1 is 0.962 bits per heavy atom. The first-order chi connectivity index (χ1) is 25.4. The van der Waals surface area contributed by atoms with Gasteiger partial charge in [-0.25, -0.2) is 4.98 Å². The van der Waals surface area contributed by atoms with Crippen molar-refractivity contribution in [3.63, 3.8) is 0 Å². The number of hydrogen-bond donors (Lipinski definition) is 4. The maximum atomic E-state index is 14.0. The van der Waals surface area contributed by atoms with Gasteiger partial charge in [0.25, 0.3) is 5.91 Å².